The molecule has 0 bridgehead atoms. The third-order valence-corrected chi connectivity index (χ3v) is 2.81. The average molecular weight is 220 g/mol. The molecule has 2 N–H and O–H groups in total. The van der Waals surface area contributed by atoms with Crippen LogP contribution in [0.25, 0.3) is 0 Å². The lowest BCUT2D eigenvalue weighted by Gasteiger charge is -2.37. The van der Waals surface area contributed by atoms with Gasteiger partial charge in [0.1, 0.15) is 0 Å². The molecular weight excluding hydrogens is 202 g/mol. The molecule has 0 aliphatic carbocycles. The third-order valence-electron chi connectivity index (χ3n) is 2.81. The van der Waals surface area contributed by atoms with E-state index in [1.807, 2.05) is 4.90 Å². The molecule has 0 aromatic heterocycles. The summed E-state index contributed by atoms with van der Waals surface area (Å²) in [6, 6.07) is 0.450. The number of carbonyl (C=O) groups is 1. The maximum absolute atomic E-state index is 11.8. The highest BCUT2D eigenvalue weighted by atomic mass is 35.5. The van der Waals surface area contributed by atoms with Crippen molar-refractivity contribution >= 4 is 18.3 Å². The summed E-state index contributed by atoms with van der Waals surface area (Å²) >= 11 is 0. The molecule has 2 heterocycles. The Labute approximate surface area is 90.8 Å². The molecule has 0 radical (unpaired) electrons. The van der Waals surface area contributed by atoms with Crippen molar-refractivity contribution in [3.63, 3.8) is 0 Å². The van der Waals surface area contributed by atoms with E-state index in [0.717, 1.165) is 32.7 Å². The minimum Gasteiger partial charge on any atom is -0.340 e. The van der Waals surface area contributed by atoms with Gasteiger partial charge in [0.25, 0.3) is 0 Å². The minimum atomic E-state index is 0. The lowest BCUT2D eigenvalue weighted by molar-refractivity contribution is -0.138. The molecule has 1 amide bonds. The molecule has 1 atom stereocenters. The molecule has 2 fully saturated rings. The lowest BCUT2D eigenvalue weighted by Crippen LogP contribution is -2.57. The van der Waals surface area contributed by atoms with E-state index in [1.165, 1.54) is 0 Å². The van der Waals surface area contributed by atoms with Crippen molar-refractivity contribution in [1.82, 2.24) is 15.5 Å². The van der Waals surface area contributed by atoms with Crippen LogP contribution in [0.3, 0.4) is 0 Å². The topological polar surface area (TPSA) is 44.4 Å². The van der Waals surface area contributed by atoms with Crippen LogP contribution in [-0.2, 0) is 4.79 Å². The van der Waals surface area contributed by atoms with Gasteiger partial charge in [0.15, 0.2) is 0 Å². The second kappa shape index (κ2) is 4.96. The molecular formula is C9H18ClN3O. The SMILES string of the molecule is C[C@H]1CN(C(=O)C2CNC2)CCN1.Cl. The molecule has 82 valence electrons. The van der Waals surface area contributed by atoms with E-state index >= 15 is 0 Å². The van der Waals surface area contributed by atoms with E-state index in [2.05, 4.69) is 17.6 Å². The fourth-order valence-electron chi connectivity index (χ4n) is 1.85. The highest BCUT2D eigenvalue weighted by Crippen LogP contribution is 2.10. The van der Waals surface area contributed by atoms with Crippen LogP contribution in [0, 0.1) is 5.92 Å². The smallest absolute Gasteiger partial charge is 0.228 e. The molecule has 2 saturated heterocycles. The summed E-state index contributed by atoms with van der Waals surface area (Å²) in [5, 5.41) is 6.46. The predicted molar refractivity (Wildman–Crippen MR) is 57.7 cm³/mol. The predicted octanol–water partition coefficient (Wildman–Crippen LogP) is -0.552. The van der Waals surface area contributed by atoms with Gasteiger partial charge >= 0.3 is 0 Å². The maximum Gasteiger partial charge on any atom is 0.228 e. The molecule has 2 aliphatic heterocycles. The van der Waals surface area contributed by atoms with Gasteiger partial charge in [0.05, 0.1) is 5.92 Å². The summed E-state index contributed by atoms with van der Waals surface area (Å²) in [4.78, 5) is 13.8. The van der Waals surface area contributed by atoms with Crippen LogP contribution in [0.15, 0.2) is 0 Å². The number of rotatable bonds is 1. The second-order valence-electron chi connectivity index (χ2n) is 3.99. The highest BCUT2D eigenvalue weighted by molar-refractivity contribution is 5.85. The Morgan fingerprint density at radius 3 is 2.64 bits per heavy atom. The molecule has 0 aromatic rings. The molecule has 2 aliphatic rings. The second-order valence-corrected chi connectivity index (χ2v) is 3.99. The summed E-state index contributed by atoms with van der Waals surface area (Å²) < 4.78 is 0. The molecule has 14 heavy (non-hydrogen) atoms. The average Bonchev–Trinajstić information content (AvgIpc) is 2.01. The zero-order valence-corrected chi connectivity index (χ0v) is 9.27. The van der Waals surface area contributed by atoms with Crippen LogP contribution in [0.1, 0.15) is 6.92 Å². The summed E-state index contributed by atoms with van der Waals surface area (Å²) in [7, 11) is 0. The van der Waals surface area contributed by atoms with Crippen LogP contribution in [0.4, 0.5) is 0 Å². The van der Waals surface area contributed by atoms with E-state index in [4.69, 9.17) is 0 Å². The summed E-state index contributed by atoms with van der Waals surface area (Å²) in [5.41, 5.74) is 0. The first kappa shape index (κ1) is 11.8. The summed E-state index contributed by atoms with van der Waals surface area (Å²) in [5.74, 6) is 0.595. The van der Waals surface area contributed by atoms with Crippen molar-refractivity contribution in [3.05, 3.63) is 0 Å². The number of piperazine rings is 1. The fourth-order valence-corrected chi connectivity index (χ4v) is 1.85. The molecule has 0 spiro atoms. The van der Waals surface area contributed by atoms with Gasteiger partial charge in [-0.25, -0.2) is 0 Å². The zero-order valence-electron chi connectivity index (χ0n) is 8.45. The highest BCUT2D eigenvalue weighted by Gasteiger charge is 2.30. The molecule has 0 unspecified atom stereocenters. The number of nitrogens with one attached hydrogen (secondary N) is 2. The van der Waals surface area contributed by atoms with E-state index in [0.29, 0.717) is 11.9 Å². The molecule has 0 saturated carbocycles. The van der Waals surface area contributed by atoms with Gasteiger partial charge in [0, 0.05) is 38.8 Å². The lowest BCUT2D eigenvalue weighted by atomic mass is 10.0. The van der Waals surface area contributed by atoms with Crippen molar-refractivity contribution in [2.75, 3.05) is 32.7 Å². The van der Waals surface area contributed by atoms with Crippen LogP contribution in [-0.4, -0.2) is 49.6 Å². The van der Waals surface area contributed by atoms with Crippen molar-refractivity contribution in [3.8, 4) is 0 Å². The van der Waals surface area contributed by atoms with E-state index < -0.39 is 0 Å². The van der Waals surface area contributed by atoms with Crippen molar-refractivity contribution in [1.29, 1.82) is 0 Å². The van der Waals surface area contributed by atoms with Crippen molar-refractivity contribution in [2.45, 2.75) is 13.0 Å². The van der Waals surface area contributed by atoms with Gasteiger partial charge in [-0.1, -0.05) is 0 Å². The Kier molecular flexibility index (Phi) is 4.16. The molecule has 0 aromatic carbocycles. The summed E-state index contributed by atoms with van der Waals surface area (Å²) in [6.07, 6.45) is 0. The first-order chi connectivity index (χ1) is 6.27. The van der Waals surface area contributed by atoms with Crippen LogP contribution in [0.5, 0.6) is 0 Å². The monoisotopic (exact) mass is 219 g/mol. The van der Waals surface area contributed by atoms with Crippen LogP contribution >= 0.6 is 12.4 Å². The quantitative estimate of drug-likeness (QED) is 0.622. The number of amides is 1. The first-order valence-electron chi connectivity index (χ1n) is 5.00. The number of nitrogens with zero attached hydrogens (tertiary/aromatic N) is 1. The minimum absolute atomic E-state index is 0. The number of hydrogen-bond acceptors (Lipinski definition) is 3. The Bertz CT molecular complexity index is 208. The van der Waals surface area contributed by atoms with Gasteiger partial charge in [-0.3, -0.25) is 4.79 Å². The normalized spacial score (nSPS) is 27.8. The fraction of sp³-hybridized carbons (Fsp3) is 0.889. The van der Waals surface area contributed by atoms with Crippen molar-refractivity contribution in [2.24, 2.45) is 5.92 Å². The number of carbonyl (C=O) groups excluding carboxylic acids is 1. The Morgan fingerprint density at radius 1 is 1.43 bits per heavy atom. The third kappa shape index (κ3) is 2.38. The van der Waals surface area contributed by atoms with Crippen molar-refractivity contribution < 1.29 is 4.79 Å². The maximum atomic E-state index is 11.8. The van der Waals surface area contributed by atoms with Gasteiger partial charge in [0.2, 0.25) is 5.91 Å². The number of halogens is 1. The largest absolute Gasteiger partial charge is 0.340 e. The van der Waals surface area contributed by atoms with E-state index in [9.17, 15) is 4.79 Å². The van der Waals surface area contributed by atoms with Gasteiger partial charge < -0.3 is 15.5 Å². The van der Waals surface area contributed by atoms with Gasteiger partial charge in [-0.2, -0.15) is 0 Å². The van der Waals surface area contributed by atoms with E-state index in [1.54, 1.807) is 0 Å². The molecule has 2 rings (SSSR count). The van der Waals surface area contributed by atoms with Crippen LogP contribution < -0.4 is 10.6 Å². The van der Waals surface area contributed by atoms with E-state index in [-0.39, 0.29) is 18.3 Å². The Morgan fingerprint density at radius 2 is 2.14 bits per heavy atom. The molecule has 5 heteroatoms. The van der Waals surface area contributed by atoms with Gasteiger partial charge in [-0.15, -0.1) is 12.4 Å². The van der Waals surface area contributed by atoms with Gasteiger partial charge in [-0.05, 0) is 6.92 Å². The first-order valence-corrected chi connectivity index (χ1v) is 5.00. The Hall–Kier alpha value is -0.320. The number of hydrogen-bond donors (Lipinski definition) is 2. The Balaban J connectivity index is 0.000000980. The molecule has 4 nitrogen and oxygen atoms in total. The zero-order chi connectivity index (χ0) is 9.26. The summed E-state index contributed by atoms with van der Waals surface area (Å²) in [6.45, 7) is 6.55. The van der Waals surface area contributed by atoms with Crippen LogP contribution in [0.2, 0.25) is 0 Å². The standard InChI is InChI=1S/C9H17N3O.ClH/c1-7-6-12(3-2-11-7)9(13)8-4-10-5-8;/h7-8,10-11H,2-6H2,1H3;1H/t7-;/m0./s1.